The maximum Gasteiger partial charge on any atom is 0.326 e. The molecule has 6 nitrogen and oxygen atoms in total. The summed E-state index contributed by atoms with van der Waals surface area (Å²) in [4.78, 5) is 25.3. The summed E-state index contributed by atoms with van der Waals surface area (Å²) in [5, 5.41) is 14.1. The number of nitrogens with zero attached hydrogens (tertiary/aromatic N) is 3. The number of hydrogen-bond donors (Lipinski definition) is 1. The van der Waals surface area contributed by atoms with Gasteiger partial charge in [0.15, 0.2) is 0 Å². The van der Waals surface area contributed by atoms with Crippen LogP contribution in [-0.4, -0.2) is 44.3 Å². The standard InChI is InChI=1S/C16H16ClN3O3/c1-10-13(15(21)19-8-2-3-14(19)16(22)23)9-18-20(10)12-6-4-11(17)5-7-12/h4-7,9,14H,2-3,8H2,1H3,(H,22,23)/t14-/m1/s1. The molecule has 0 bridgehead atoms. The van der Waals surface area contributed by atoms with Crippen molar-refractivity contribution in [1.82, 2.24) is 14.7 Å². The Kier molecular flexibility index (Phi) is 4.09. The Balaban J connectivity index is 1.91. The first-order valence-electron chi connectivity index (χ1n) is 7.33. The predicted octanol–water partition coefficient (Wildman–Crippen LogP) is 2.52. The second-order valence-electron chi connectivity index (χ2n) is 5.53. The van der Waals surface area contributed by atoms with Crippen LogP contribution in [0.4, 0.5) is 0 Å². The molecule has 120 valence electrons. The van der Waals surface area contributed by atoms with E-state index in [-0.39, 0.29) is 5.91 Å². The molecular weight excluding hydrogens is 318 g/mol. The van der Waals surface area contributed by atoms with E-state index < -0.39 is 12.0 Å². The van der Waals surface area contributed by atoms with Crippen LogP contribution in [0.5, 0.6) is 0 Å². The molecule has 0 spiro atoms. The highest BCUT2D eigenvalue weighted by molar-refractivity contribution is 6.30. The molecule has 2 aromatic rings. The minimum Gasteiger partial charge on any atom is -0.480 e. The van der Waals surface area contributed by atoms with Gasteiger partial charge in [0.1, 0.15) is 6.04 Å². The first-order chi connectivity index (χ1) is 11.0. The molecule has 0 radical (unpaired) electrons. The third kappa shape index (κ3) is 2.82. The van der Waals surface area contributed by atoms with Crippen LogP contribution >= 0.6 is 11.6 Å². The quantitative estimate of drug-likeness (QED) is 0.936. The van der Waals surface area contributed by atoms with Crippen molar-refractivity contribution in [3.05, 3.63) is 46.7 Å². The van der Waals surface area contributed by atoms with Crippen LogP contribution in [0.1, 0.15) is 28.9 Å². The molecule has 1 N–H and O–H groups in total. The van der Waals surface area contributed by atoms with E-state index in [1.807, 2.05) is 12.1 Å². The monoisotopic (exact) mass is 333 g/mol. The van der Waals surface area contributed by atoms with Gasteiger partial charge in [-0.05, 0) is 44.0 Å². The Bertz CT molecular complexity index is 754. The molecule has 1 fully saturated rings. The summed E-state index contributed by atoms with van der Waals surface area (Å²) in [6.45, 7) is 2.25. The molecule has 1 aliphatic heterocycles. The summed E-state index contributed by atoms with van der Waals surface area (Å²) in [6.07, 6.45) is 2.68. The number of amides is 1. The van der Waals surface area contributed by atoms with Gasteiger partial charge in [0.25, 0.3) is 5.91 Å². The highest BCUT2D eigenvalue weighted by Crippen LogP contribution is 2.23. The number of aliphatic carboxylic acids is 1. The first-order valence-corrected chi connectivity index (χ1v) is 7.71. The number of hydrogen-bond acceptors (Lipinski definition) is 3. The molecule has 0 aliphatic carbocycles. The van der Waals surface area contributed by atoms with Gasteiger partial charge in [0.2, 0.25) is 0 Å². The lowest BCUT2D eigenvalue weighted by atomic mass is 10.2. The van der Waals surface area contributed by atoms with Gasteiger partial charge in [-0.25, -0.2) is 9.48 Å². The van der Waals surface area contributed by atoms with E-state index in [1.165, 1.54) is 11.1 Å². The fraction of sp³-hybridized carbons (Fsp3) is 0.312. The number of halogens is 1. The molecule has 3 rings (SSSR count). The van der Waals surface area contributed by atoms with Crippen molar-refractivity contribution in [2.24, 2.45) is 0 Å². The topological polar surface area (TPSA) is 75.4 Å². The fourth-order valence-corrected chi connectivity index (χ4v) is 3.01. The van der Waals surface area contributed by atoms with Crippen LogP contribution in [-0.2, 0) is 4.79 Å². The molecule has 1 saturated heterocycles. The number of carbonyl (C=O) groups is 2. The molecular formula is C16H16ClN3O3. The van der Waals surface area contributed by atoms with Crippen LogP contribution < -0.4 is 0 Å². The van der Waals surface area contributed by atoms with Gasteiger partial charge in [0, 0.05) is 11.6 Å². The van der Waals surface area contributed by atoms with Gasteiger partial charge >= 0.3 is 5.97 Å². The predicted molar refractivity (Wildman–Crippen MR) is 85.0 cm³/mol. The smallest absolute Gasteiger partial charge is 0.326 e. The number of benzene rings is 1. The maximum absolute atomic E-state index is 12.7. The summed E-state index contributed by atoms with van der Waals surface area (Å²) in [5.41, 5.74) is 1.89. The lowest BCUT2D eigenvalue weighted by Crippen LogP contribution is -2.40. The minimum absolute atomic E-state index is 0.285. The molecule has 1 aliphatic rings. The van der Waals surface area contributed by atoms with Crippen LogP contribution in [0, 0.1) is 6.92 Å². The molecule has 0 saturated carbocycles. The van der Waals surface area contributed by atoms with E-state index in [2.05, 4.69) is 5.10 Å². The Morgan fingerprint density at radius 3 is 2.65 bits per heavy atom. The first kappa shape index (κ1) is 15.6. The molecule has 2 heterocycles. The zero-order valence-corrected chi connectivity index (χ0v) is 13.3. The summed E-state index contributed by atoms with van der Waals surface area (Å²) >= 11 is 5.88. The Morgan fingerprint density at radius 1 is 1.30 bits per heavy atom. The lowest BCUT2D eigenvalue weighted by Gasteiger charge is -2.21. The summed E-state index contributed by atoms with van der Waals surface area (Å²) < 4.78 is 1.65. The Morgan fingerprint density at radius 2 is 2.00 bits per heavy atom. The number of aromatic nitrogens is 2. The average Bonchev–Trinajstić information content (AvgIpc) is 3.14. The number of carboxylic acids is 1. The molecule has 1 amide bonds. The SMILES string of the molecule is Cc1c(C(=O)N2CCC[C@@H]2C(=O)O)cnn1-c1ccc(Cl)cc1. The summed E-state index contributed by atoms with van der Waals surface area (Å²) in [6, 6.07) is 6.38. The lowest BCUT2D eigenvalue weighted by molar-refractivity contribution is -0.141. The molecule has 0 unspecified atom stereocenters. The van der Waals surface area contributed by atoms with E-state index in [1.54, 1.807) is 23.7 Å². The van der Waals surface area contributed by atoms with E-state index in [9.17, 15) is 14.7 Å². The van der Waals surface area contributed by atoms with Crippen molar-refractivity contribution in [3.63, 3.8) is 0 Å². The van der Waals surface area contributed by atoms with E-state index in [0.29, 0.717) is 35.7 Å². The average molecular weight is 334 g/mol. The van der Waals surface area contributed by atoms with E-state index in [0.717, 1.165) is 5.69 Å². The maximum atomic E-state index is 12.7. The van der Waals surface area contributed by atoms with Gasteiger partial charge in [-0.2, -0.15) is 5.10 Å². The van der Waals surface area contributed by atoms with Crippen molar-refractivity contribution in [3.8, 4) is 5.69 Å². The number of rotatable bonds is 3. The van der Waals surface area contributed by atoms with E-state index >= 15 is 0 Å². The van der Waals surface area contributed by atoms with Crippen molar-refractivity contribution in [2.75, 3.05) is 6.54 Å². The third-order valence-electron chi connectivity index (χ3n) is 4.11. The minimum atomic E-state index is -0.960. The molecule has 1 aromatic heterocycles. The van der Waals surface area contributed by atoms with Gasteiger partial charge in [-0.15, -0.1) is 0 Å². The van der Waals surface area contributed by atoms with Crippen molar-refractivity contribution < 1.29 is 14.7 Å². The molecule has 23 heavy (non-hydrogen) atoms. The van der Waals surface area contributed by atoms with Gasteiger partial charge < -0.3 is 10.0 Å². The van der Waals surface area contributed by atoms with Gasteiger partial charge in [-0.3, -0.25) is 4.79 Å². The Labute approximate surface area is 138 Å². The fourth-order valence-electron chi connectivity index (χ4n) is 2.88. The third-order valence-corrected chi connectivity index (χ3v) is 4.36. The Hall–Kier alpha value is -2.34. The zero-order chi connectivity index (χ0) is 16.6. The molecule has 1 aromatic carbocycles. The van der Waals surface area contributed by atoms with Crippen molar-refractivity contribution in [2.45, 2.75) is 25.8 Å². The highest BCUT2D eigenvalue weighted by atomic mass is 35.5. The zero-order valence-electron chi connectivity index (χ0n) is 12.6. The summed E-state index contributed by atoms with van der Waals surface area (Å²) in [7, 11) is 0. The number of carbonyl (C=O) groups excluding carboxylic acids is 1. The van der Waals surface area contributed by atoms with Crippen LogP contribution in [0.15, 0.2) is 30.5 Å². The normalized spacial score (nSPS) is 17.5. The second kappa shape index (κ2) is 6.04. The van der Waals surface area contributed by atoms with Crippen molar-refractivity contribution in [1.29, 1.82) is 0 Å². The number of likely N-dealkylation sites (tertiary alicyclic amines) is 1. The summed E-state index contributed by atoms with van der Waals surface area (Å²) in [5.74, 6) is -1.24. The van der Waals surface area contributed by atoms with E-state index in [4.69, 9.17) is 11.6 Å². The highest BCUT2D eigenvalue weighted by Gasteiger charge is 2.35. The van der Waals surface area contributed by atoms with Crippen molar-refractivity contribution >= 4 is 23.5 Å². The molecule has 1 atom stereocenters. The van der Waals surface area contributed by atoms with Crippen LogP contribution in [0.2, 0.25) is 5.02 Å². The van der Waals surface area contributed by atoms with Gasteiger partial charge in [-0.1, -0.05) is 11.6 Å². The molecule has 7 heteroatoms. The number of carboxylic acid groups (broad SMARTS) is 1. The largest absolute Gasteiger partial charge is 0.480 e. The van der Waals surface area contributed by atoms with Crippen LogP contribution in [0.25, 0.3) is 5.69 Å². The van der Waals surface area contributed by atoms with Gasteiger partial charge in [0.05, 0.1) is 23.1 Å². The van der Waals surface area contributed by atoms with Crippen LogP contribution in [0.3, 0.4) is 0 Å². The second-order valence-corrected chi connectivity index (χ2v) is 5.96.